The number of phosphoric ester groups is 2. The Hall–Kier alpha value is -5.06. The number of hydrogen-bond donors (Lipinski definition) is 3. The Morgan fingerprint density at radius 2 is 0.520 bits per heavy atom. The molecule has 0 heterocycles. The van der Waals surface area contributed by atoms with Crippen molar-refractivity contribution in [3.63, 3.8) is 0 Å². The highest BCUT2D eigenvalue weighted by atomic mass is 31.2. The van der Waals surface area contributed by atoms with Crippen LogP contribution in [0, 0.1) is 0 Å². The summed E-state index contributed by atoms with van der Waals surface area (Å²) in [7, 11) is -9.99. The molecule has 0 fully saturated rings. The summed E-state index contributed by atoms with van der Waals surface area (Å²) in [5.41, 5.74) is 0. The lowest BCUT2D eigenvalue weighted by Gasteiger charge is -2.21. The van der Waals surface area contributed by atoms with Gasteiger partial charge in [-0.05, 0) is 141 Å². The van der Waals surface area contributed by atoms with Crippen molar-refractivity contribution in [1.29, 1.82) is 0 Å². The molecule has 3 N–H and O–H groups in total. The number of esters is 4. The van der Waals surface area contributed by atoms with E-state index >= 15 is 0 Å². The average Bonchev–Trinajstić information content (AvgIpc) is 0.944. The number of hydrogen-bond acceptors (Lipinski definition) is 15. The minimum Gasteiger partial charge on any atom is -0.462 e. The van der Waals surface area contributed by atoms with Crippen LogP contribution in [0.3, 0.4) is 0 Å². The maximum atomic E-state index is 13.1. The predicted octanol–water partition coefficient (Wildman–Crippen LogP) is 22.7. The van der Waals surface area contributed by atoms with Crippen LogP contribution in [0.15, 0.2) is 146 Å². The zero-order valence-corrected chi connectivity index (χ0v) is 65.3. The third-order valence-electron chi connectivity index (χ3n) is 15.8. The van der Waals surface area contributed by atoms with Gasteiger partial charge in [0, 0.05) is 25.7 Å². The van der Waals surface area contributed by atoms with Gasteiger partial charge in [-0.15, -0.1) is 0 Å². The second kappa shape index (κ2) is 74.2. The Morgan fingerprint density at radius 3 is 0.863 bits per heavy atom. The molecule has 0 aliphatic heterocycles. The van der Waals surface area contributed by atoms with Crippen LogP contribution < -0.4 is 0 Å². The number of phosphoric acid groups is 2. The van der Waals surface area contributed by atoms with Gasteiger partial charge in [0.1, 0.15) is 19.3 Å². The normalized spacial score (nSPS) is 14.7. The number of carbonyl (C=O) groups excluding carboxylic acids is 4. The Labute approximate surface area is 617 Å². The van der Waals surface area contributed by atoms with E-state index in [4.69, 9.17) is 37.0 Å². The van der Waals surface area contributed by atoms with Crippen molar-refractivity contribution in [2.24, 2.45) is 0 Å². The number of ether oxygens (including phenoxy) is 4. The highest BCUT2D eigenvalue weighted by Gasteiger charge is 2.30. The van der Waals surface area contributed by atoms with E-state index in [9.17, 15) is 43.2 Å². The fourth-order valence-corrected chi connectivity index (χ4v) is 11.5. The second-order valence-electron chi connectivity index (χ2n) is 25.5. The lowest BCUT2D eigenvalue weighted by Crippen LogP contribution is -2.30. The van der Waals surface area contributed by atoms with Crippen LogP contribution in [0.4, 0.5) is 0 Å². The summed E-state index contributed by atoms with van der Waals surface area (Å²) in [5.74, 6) is -2.31. The van der Waals surface area contributed by atoms with Crippen LogP contribution in [0.1, 0.15) is 297 Å². The summed E-state index contributed by atoms with van der Waals surface area (Å²) in [6.45, 7) is 4.48. The molecule has 5 atom stereocenters. The van der Waals surface area contributed by atoms with E-state index in [2.05, 4.69) is 161 Å². The molecule has 0 aliphatic rings. The number of allylic oxidation sites excluding steroid dienone is 24. The summed E-state index contributed by atoms with van der Waals surface area (Å²) < 4.78 is 68.4. The van der Waals surface area contributed by atoms with E-state index in [-0.39, 0.29) is 25.7 Å². The van der Waals surface area contributed by atoms with Crippen molar-refractivity contribution in [2.75, 3.05) is 39.6 Å². The Kier molecular flexibility index (Phi) is 70.5. The van der Waals surface area contributed by atoms with E-state index in [1.807, 2.05) is 12.2 Å². The van der Waals surface area contributed by atoms with Gasteiger partial charge < -0.3 is 33.8 Å². The monoisotopic (exact) mass is 1470 g/mol. The lowest BCUT2D eigenvalue weighted by atomic mass is 10.1. The van der Waals surface area contributed by atoms with E-state index < -0.39 is 97.5 Å². The maximum Gasteiger partial charge on any atom is 0.472 e. The zero-order chi connectivity index (χ0) is 74.6. The zero-order valence-electron chi connectivity index (χ0n) is 63.5. The average molecular weight is 1470 g/mol. The Morgan fingerprint density at radius 1 is 0.284 bits per heavy atom. The molecule has 19 heteroatoms. The number of aliphatic hydroxyl groups is 1. The molecule has 0 aromatic rings. The Balaban J connectivity index is 5.41. The molecule has 0 aromatic heterocycles. The molecule has 17 nitrogen and oxygen atoms in total. The topological polar surface area (TPSA) is 237 Å². The minimum atomic E-state index is -5.00. The standard InChI is InChI=1S/C83H138O17P2/c1-5-9-13-17-21-25-29-32-35-37-38-40-43-45-49-52-56-60-64-68-80(85)93-73-78(99-82(87)69-65-61-57-53-47-28-24-20-16-12-8-4)75-97-101(89,90)95-71-77(84)72-96-102(91,92)98-76-79(100-83(88)70-66-62-58-54-50-46-41-34-31-27-23-19-15-11-7-3)74-94-81(86)67-63-59-55-51-48-44-42-39-36-33-30-26-22-18-14-10-6-2/h10-11,14-15,21-23,25-27,32-36,38,40-42,44,50-51,54-55,77-79,84H,5-9,12-13,16-20,24,28-31,37,39,43,45-49,52-53,56-76H2,1-4H3,(H,89,90)(H,91,92)/b14-10-,15-11-,25-21-,26-22-,27-23-,35-32-,36-33-,40-38-,41-34-,44-42-,54-50-,55-51-. The number of unbranched alkanes of at least 4 members (excludes halogenated alkanes) is 22. The summed E-state index contributed by atoms with van der Waals surface area (Å²) >= 11 is 0. The third kappa shape index (κ3) is 73.3. The van der Waals surface area contributed by atoms with Gasteiger partial charge >= 0.3 is 39.5 Å². The fourth-order valence-electron chi connectivity index (χ4n) is 9.90. The summed E-state index contributed by atoms with van der Waals surface area (Å²) in [5, 5.41) is 10.6. The molecule has 102 heavy (non-hydrogen) atoms. The van der Waals surface area contributed by atoms with Crippen LogP contribution >= 0.6 is 15.6 Å². The summed E-state index contributed by atoms with van der Waals surface area (Å²) in [6, 6.07) is 0. The molecule has 5 unspecified atom stereocenters. The quantitative estimate of drug-likeness (QED) is 0.0169. The number of rotatable bonds is 72. The molecule has 0 amide bonds. The molecule has 0 aromatic carbocycles. The van der Waals surface area contributed by atoms with E-state index in [0.717, 1.165) is 148 Å². The van der Waals surface area contributed by atoms with Gasteiger partial charge in [-0.25, -0.2) is 9.13 Å². The first-order valence-electron chi connectivity index (χ1n) is 39.1. The fraction of sp³-hybridized carbons (Fsp3) is 0.663. The molecule has 0 spiro atoms. The minimum absolute atomic E-state index is 0.0262. The first-order valence-corrected chi connectivity index (χ1v) is 42.1. The van der Waals surface area contributed by atoms with Gasteiger partial charge in [0.05, 0.1) is 26.4 Å². The second-order valence-corrected chi connectivity index (χ2v) is 28.4. The molecular weight excluding hydrogens is 1330 g/mol. The van der Waals surface area contributed by atoms with Crippen molar-refractivity contribution in [3.8, 4) is 0 Å². The van der Waals surface area contributed by atoms with Crippen LogP contribution in [0.5, 0.6) is 0 Å². The van der Waals surface area contributed by atoms with Crippen molar-refractivity contribution in [2.45, 2.75) is 316 Å². The van der Waals surface area contributed by atoms with Crippen LogP contribution in [0.2, 0.25) is 0 Å². The van der Waals surface area contributed by atoms with Crippen LogP contribution in [-0.2, 0) is 65.4 Å². The molecule has 0 aliphatic carbocycles. The molecule has 0 saturated heterocycles. The number of aliphatic hydroxyl groups excluding tert-OH is 1. The van der Waals surface area contributed by atoms with Gasteiger partial charge in [-0.1, -0.05) is 276 Å². The van der Waals surface area contributed by atoms with E-state index in [1.165, 1.54) is 57.8 Å². The first-order chi connectivity index (χ1) is 49.7. The summed E-state index contributed by atoms with van der Waals surface area (Å²) in [4.78, 5) is 72.9. The SMILES string of the molecule is CC/C=C\C/C=C\C/C=C\C/C=C\C/C=C\CCCC(=O)OCC(COP(=O)(O)OCC(O)COP(=O)(O)OCC(COC(=O)CCCCCCCC/C=C\C/C=C\C/C=C\CCCCC)OC(=O)CCCCCCCCCCCCC)OC(=O)CCCC/C=C\C/C=C\C/C=C\C/C=C\CC. The van der Waals surface area contributed by atoms with Gasteiger partial charge in [0.25, 0.3) is 0 Å². The largest absolute Gasteiger partial charge is 0.472 e. The van der Waals surface area contributed by atoms with Gasteiger partial charge in [0.2, 0.25) is 0 Å². The van der Waals surface area contributed by atoms with E-state index in [1.54, 1.807) is 0 Å². The maximum absolute atomic E-state index is 13.1. The highest BCUT2D eigenvalue weighted by molar-refractivity contribution is 7.47. The van der Waals surface area contributed by atoms with Crippen molar-refractivity contribution in [1.82, 2.24) is 0 Å². The first kappa shape index (κ1) is 96.9. The molecule has 0 radical (unpaired) electrons. The van der Waals surface area contributed by atoms with Crippen molar-refractivity contribution in [3.05, 3.63) is 146 Å². The molecule has 0 bridgehead atoms. The highest BCUT2D eigenvalue weighted by Crippen LogP contribution is 2.45. The van der Waals surface area contributed by atoms with Crippen LogP contribution in [0.25, 0.3) is 0 Å². The third-order valence-corrected chi connectivity index (χ3v) is 17.7. The smallest absolute Gasteiger partial charge is 0.462 e. The summed E-state index contributed by atoms with van der Waals surface area (Å²) in [6.07, 6.45) is 84.2. The van der Waals surface area contributed by atoms with Crippen LogP contribution in [-0.4, -0.2) is 96.7 Å². The van der Waals surface area contributed by atoms with Crippen molar-refractivity contribution >= 4 is 39.5 Å². The Bertz CT molecular complexity index is 2510. The van der Waals surface area contributed by atoms with Gasteiger partial charge in [-0.3, -0.25) is 37.3 Å². The molecular formula is C83H138O17P2. The molecule has 0 saturated carbocycles. The van der Waals surface area contributed by atoms with E-state index in [0.29, 0.717) is 38.5 Å². The predicted molar refractivity (Wildman–Crippen MR) is 417 cm³/mol. The van der Waals surface area contributed by atoms with Crippen molar-refractivity contribution < 1.29 is 80.2 Å². The molecule has 582 valence electrons. The van der Waals surface area contributed by atoms with Gasteiger partial charge in [0.15, 0.2) is 12.2 Å². The van der Waals surface area contributed by atoms with Gasteiger partial charge in [-0.2, -0.15) is 0 Å². The lowest BCUT2D eigenvalue weighted by molar-refractivity contribution is -0.161. The molecule has 0 rings (SSSR count). The number of carbonyl (C=O) groups is 4.